The van der Waals surface area contributed by atoms with Crippen molar-refractivity contribution in [3.8, 4) is 0 Å². The van der Waals surface area contributed by atoms with E-state index >= 15 is 0 Å². The second kappa shape index (κ2) is 14.8. The molecule has 0 radical (unpaired) electrons. The van der Waals surface area contributed by atoms with Crippen molar-refractivity contribution < 1.29 is 18.0 Å². The van der Waals surface area contributed by atoms with Gasteiger partial charge in [-0.3, -0.25) is 0 Å². The Labute approximate surface area is 300 Å². The highest BCUT2D eigenvalue weighted by Crippen LogP contribution is 2.50. The van der Waals surface area contributed by atoms with Gasteiger partial charge < -0.3 is 19.8 Å². The molecule has 2 bridgehead atoms. The number of anilines is 2. The van der Waals surface area contributed by atoms with Crippen LogP contribution in [0.2, 0.25) is 0 Å². The minimum Gasteiger partial charge on any atom is -0.392 e. The van der Waals surface area contributed by atoms with Gasteiger partial charge in [-0.1, -0.05) is 88.1 Å². The van der Waals surface area contributed by atoms with E-state index in [0.29, 0.717) is 28.3 Å². The van der Waals surface area contributed by atoms with Crippen LogP contribution in [0, 0.1) is 11.3 Å². The van der Waals surface area contributed by atoms with E-state index in [-0.39, 0.29) is 5.75 Å². The van der Waals surface area contributed by atoms with Gasteiger partial charge in [-0.25, -0.2) is 8.42 Å². The molecule has 4 aliphatic rings. The van der Waals surface area contributed by atoms with Crippen molar-refractivity contribution in [3.63, 3.8) is 0 Å². The smallest absolute Gasteiger partial charge is 0.179 e. The van der Waals surface area contributed by atoms with E-state index in [4.69, 9.17) is 12.2 Å². The van der Waals surface area contributed by atoms with Gasteiger partial charge in [0.25, 0.3) is 0 Å². The SMILES string of the molecule is CCCCC1(CCCC)CS(=O)(=O)c2ccc(N(C)C)cc2C(c2cccc(NC(=S)c3ccc(C[N+]45CCC(CC4)CC5)cc3)c2)C1O. The van der Waals surface area contributed by atoms with E-state index in [2.05, 4.69) is 49.5 Å². The Bertz CT molecular complexity index is 1710. The molecule has 2 atom stereocenters. The van der Waals surface area contributed by atoms with E-state index < -0.39 is 27.3 Å². The Kier molecular flexibility index (Phi) is 10.9. The molecule has 0 saturated carbocycles. The van der Waals surface area contributed by atoms with Crippen LogP contribution in [0.15, 0.2) is 71.6 Å². The summed E-state index contributed by atoms with van der Waals surface area (Å²) in [6.45, 7) is 9.29. The molecule has 3 saturated heterocycles. The molecule has 3 fully saturated rings. The summed E-state index contributed by atoms with van der Waals surface area (Å²) in [4.78, 5) is 2.97. The summed E-state index contributed by atoms with van der Waals surface area (Å²) < 4.78 is 29.7. The Morgan fingerprint density at radius 2 is 1.59 bits per heavy atom. The Morgan fingerprint density at radius 1 is 0.939 bits per heavy atom. The molecule has 6 nitrogen and oxygen atoms in total. The average Bonchev–Trinajstić information content (AvgIpc) is 3.17. The van der Waals surface area contributed by atoms with Crippen LogP contribution < -0.4 is 10.2 Å². The average molecular weight is 703 g/mol. The third-order valence-electron chi connectivity index (χ3n) is 11.9. The lowest BCUT2D eigenvalue weighted by Crippen LogP contribution is -2.57. The van der Waals surface area contributed by atoms with E-state index in [1.165, 1.54) is 48.9 Å². The number of piperidine rings is 3. The second-order valence-electron chi connectivity index (χ2n) is 15.5. The Hall–Kier alpha value is -2.78. The zero-order valence-electron chi connectivity index (χ0n) is 30.0. The quantitative estimate of drug-likeness (QED) is 0.146. The largest absolute Gasteiger partial charge is 0.392 e. The van der Waals surface area contributed by atoms with Gasteiger partial charge in [0.15, 0.2) is 9.84 Å². The van der Waals surface area contributed by atoms with Gasteiger partial charge in [-0.05, 0) is 79.5 Å². The molecule has 3 aromatic rings. The maximum Gasteiger partial charge on any atom is 0.179 e. The third kappa shape index (κ3) is 7.63. The van der Waals surface area contributed by atoms with Gasteiger partial charge in [0.1, 0.15) is 11.5 Å². The van der Waals surface area contributed by atoms with Crippen molar-refractivity contribution in [2.24, 2.45) is 11.3 Å². The van der Waals surface area contributed by atoms with E-state index in [0.717, 1.165) is 60.6 Å². The van der Waals surface area contributed by atoms with Crippen LogP contribution in [0.25, 0.3) is 0 Å². The van der Waals surface area contributed by atoms with Gasteiger partial charge in [0.2, 0.25) is 0 Å². The molecule has 7 rings (SSSR count). The molecule has 49 heavy (non-hydrogen) atoms. The van der Waals surface area contributed by atoms with Crippen LogP contribution in [0.4, 0.5) is 11.4 Å². The maximum absolute atomic E-state index is 14.2. The molecule has 3 aromatic carbocycles. The first-order valence-corrected chi connectivity index (χ1v) is 20.6. The fraction of sp³-hybridized carbons (Fsp3) is 0.537. The van der Waals surface area contributed by atoms with Gasteiger partial charge in [0, 0.05) is 47.9 Å². The Morgan fingerprint density at radius 3 is 2.20 bits per heavy atom. The van der Waals surface area contributed by atoms with E-state index in [1.54, 1.807) is 6.07 Å². The number of aliphatic hydroxyl groups is 1. The number of nitrogens with one attached hydrogen (secondary N) is 1. The molecule has 4 aliphatic heterocycles. The number of thiocarbonyl (C=S) groups is 1. The number of rotatable bonds is 12. The molecule has 0 aliphatic carbocycles. The number of aliphatic hydroxyl groups excluding tert-OH is 1. The van der Waals surface area contributed by atoms with Crippen LogP contribution >= 0.6 is 12.2 Å². The standard InChI is InChI=1S/C41H55N3O3S2/c1-5-7-21-41(22-8-6-2)29-49(46,47)37-17-16-35(43(3)4)27-36(37)38(39(41)45)33-10-9-11-34(26-33)42-40(48)32-14-12-31(13-15-32)28-44-23-18-30(19-24-44)20-25-44/h9-17,26-27,30,38-39,45H,5-8,18-25,28-29H2,1-4H3/p+1. The van der Waals surface area contributed by atoms with Crippen molar-refractivity contribution in [2.45, 2.75) is 95.1 Å². The number of benzene rings is 3. The van der Waals surface area contributed by atoms with Gasteiger partial charge in [-0.2, -0.15) is 0 Å². The van der Waals surface area contributed by atoms with Gasteiger partial charge >= 0.3 is 0 Å². The minimum atomic E-state index is -3.66. The summed E-state index contributed by atoms with van der Waals surface area (Å²) in [6, 6.07) is 22.4. The molecule has 0 spiro atoms. The van der Waals surface area contributed by atoms with Crippen LogP contribution in [0.3, 0.4) is 0 Å². The van der Waals surface area contributed by atoms with Crippen molar-refractivity contribution in [1.29, 1.82) is 0 Å². The zero-order valence-corrected chi connectivity index (χ0v) is 31.6. The predicted molar refractivity (Wildman–Crippen MR) is 206 cm³/mol. The molecule has 2 N–H and O–H groups in total. The fourth-order valence-electron chi connectivity index (χ4n) is 8.93. The van der Waals surface area contributed by atoms with Crippen molar-refractivity contribution in [3.05, 3.63) is 89.0 Å². The lowest BCUT2D eigenvalue weighted by atomic mass is 9.68. The fourth-order valence-corrected chi connectivity index (χ4v) is 11.4. The number of sulfone groups is 1. The van der Waals surface area contributed by atoms with Gasteiger partial charge in [0.05, 0.1) is 36.4 Å². The third-order valence-corrected chi connectivity index (χ3v) is 14.3. The first-order chi connectivity index (χ1) is 23.5. The van der Waals surface area contributed by atoms with Crippen molar-refractivity contribution in [2.75, 3.05) is 49.7 Å². The molecule has 0 aromatic heterocycles. The molecular weight excluding hydrogens is 647 g/mol. The maximum atomic E-state index is 14.2. The molecule has 2 unspecified atom stereocenters. The first-order valence-electron chi connectivity index (χ1n) is 18.6. The van der Waals surface area contributed by atoms with Crippen LogP contribution in [0.1, 0.15) is 99.8 Å². The lowest BCUT2D eigenvalue weighted by Gasteiger charge is -2.49. The summed E-state index contributed by atoms with van der Waals surface area (Å²) >= 11 is 5.92. The number of fused-ring (bicyclic) bond motifs is 4. The molecule has 8 heteroatoms. The highest BCUT2D eigenvalue weighted by Gasteiger charge is 2.49. The number of quaternary nitrogens is 1. The summed E-state index contributed by atoms with van der Waals surface area (Å²) in [5.74, 6) is 0.408. The highest BCUT2D eigenvalue weighted by atomic mass is 32.2. The molecule has 4 heterocycles. The zero-order chi connectivity index (χ0) is 34.8. The van der Waals surface area contributed by atoms with Gasteiger partial charge in [-0.15, -0.1) is 0 Å². The topological polar surface area (TPSA) is 69.6 Å². The highest BCUT2D eigenvalue weighted by molar-refractivity contribution is 7.91. The van der Waals surface area contributed by atoms with E-state index in [1.807, 2.05) is 49.3 Å². The summed E-state index contributed by atoms with van der Waals surface area (Å²) in [7, 11) is 0.259. The first kappa shape index (κ1) is 36.0. The Balaban J connectivity index is 1.31. The van der Waals surface area contributed by atoms with Crippen LogP contribution in [-0.2, 0) is 16.4 Å². The molecule has 264 valence electrons. The monoisotopic (exact) mass is 702 g/mol. The number of hydrogen-bond donors (Lipinski definition) is 2. The number of hydrogen-bond acceptors (Lipinski definition) is 5. The second-order valence-corrected chi connectivity index (χ2v) is 17.9. The molecule has 0 amide bonds. The summed E-state index contributed by atoms with van der Waals surface area (Å²) in [5.41, 5.74) is 4.91. The minimum absolute atomic E-state index is 0.0372. The molecular formula is C41H56N3O3S2+. The van der Waals surface area contributed by atoms with E-state index in [9.17, 15) is 13.5 Å². The summed E-state index contributed by atoms with van der Waals surface area (Å²) in [6.07, 6.45) is 8.24. The van der Waals surface area contributed by atoms with Crippen molar-refractivity contribution in [1.82, 2.24) is 0 Å². The normalized spacial score (nSPS) is 25.3. The van der Waals surface area contributed by atoms with Crippen molar-refractivity contribution >= 4 is 38.4 Å². The lowest BCUT2D eigenvalue weighted by molar-refractivity contribution is -0.955. The predicted octanol–water partition coefficient (Wildman–Crippen LogP) is 8.32. The number of nitrogens with zero attached hydrogens (tertiary/aromatic N) is 2. The van der Waals surface area contributed by atoms with Crippen LogP contribution in [-0.4, -0.2) is 68.6 Å². The number of unbranched alkanes of at least 4 members (excludes halogenated alkanes) is 2. The summed E-state index contributed by atoms with van der Waals surface area (Å²) in [5, 5.41) is 16.1. The van der Waals surface area contributed by atoms with Crippen LogP contribution in [0.5, 0.6) is 0 Å².